The molecule has 1 heterocycles. The average Bonchev–Trinajstić information content (AvgIpc) is 2.56. The molecule has 0 unspecified atom stereocenters. The Morgan fingerprint density at radius 2 is 1.86 bits per heavy atom. The summed E-state index contributed by atoms with van der Waals surface area (Å²) in [5.74, 6) is 0. The summed E-state index contributed by atoms with van der Waals surface area (Å²) in [6, 6.07) is 8.94. The number of ether oxygens (including phenoxy) is 1. The van der Waals surface area contributed by atoms with Crippen LogP contribution in [0.5, 0.6) is 0 Å². The van der Waals surface area contributed by atoms with Crippen molar-refractivity contribution in [1.29, 1.82) is 0 Å². The van der Waals surface area contributed by atoms with Crippen LogP contribution in [-0.4, -0.2) is 37.7 Å². The van der Waals surface area contributed by atoms with Crippen LogP contribution in [0.2, 0.25) is 0 Å². The number of anilines is 1. The van der Waals surface area contributed by atoms with Gasteiger partial charge in [0.25, 0.3) is 0 Å². The number of benzene rings is 1. The first-order chi connectivity index (χ1) is 10.4. The molecule has 1 saturated heterocycles. The van der Waals surface area contributed by atoms with E-state index < -0.39 is 0 Å². The van der Waals surface area contributed by atoms with Gasteiger partial charge in [0, 0.05) is 31.0 Å². The van der Waals surface area contributed by atoms with Crippen molar-refractivity contribution in [2.75, 3.05) is 38.2 Å². The molecule has 1 aromatic rings. The molecule has 114 valence electrons. The lowest BCUT2D eigenvalue weighted by molar-refractivity contribution is 0.0384. The lowest BCUT2D eigenvalue weighted by Gasteiger charge is -2.26. The smallest absolute Gasteiger partial charge is 0.0594 e. The highest BCUT2D eigenvalue weighted by Crippen LogP contribution is 2.20. The van der Waals surface area contributed by atoms with Crippen LogP contribution >= 0.6 is 0 Å². The Morgan fingerprint density at radius 3 is 2.57 bits per heavy atom. The second-order valence-electron chi connectivity index (χ2n) is 6.00. The lowest BCUT2D eigenvalue weighted by Crippen LogP contribution is -2.37. The third-order valence-corrected chi connectivity index (χ3v) is 4.37. The van der Waals surface area contributed by atoms with Gasteiger partial charge >= 0.3 is 0 Å². The molecule has 1 N–H and O–H groups in total. The zero-order chi connectivity index (χ0) is 14.3. The van der Waals surface area contributed by atoms with Gasteiger partial charge in [-0.2, -0.15) is 0 Å². The summed E-state index contributed by atoms with van der Waals surface area (Å²) in [6.07, 6.45) is 8.54. The molecule has 21 heavy (non-hydrogen) atoms. The Labute approximate surface area is 128 Å². The average molecular weight is 286 g/mol. The second kappa shape index (κ2) is 7.62. The van der Waals surface area contributed by atoms with Crippen molar-refractivity contribution in [2.45, 2.75) is 32.1 Å². The standard InChI is InChI=1S/C18H26N2O/c1-2-4-17(5-3-1)19-18-8-6-16(7-9-18)10-11-20-12-14-21-15-13-20/h4,6-9,19H,1-3,5,10-15H2. The predicted molar refractivity (Wildman–Crippen MR) is 87.6 cm³/mol. The third-order valence-electron chi connectivity index (χ3n) is 4.37. The minimum absolute atomic E-state index is 0.887. The van der Waals surface area contributed by atoms with Crippen LogP contribution < -0.4 is 5.32 Å². The van der Waals surface area contributed by atoms with Crippen LogP contribution in [0.15, 0.2) is 36.0 Å². The third kappa shape index (κ3) is 4.58. The molecule has 0 aromatic heterocycles. The SMILES string of the molecule is C1=C(Nc2ccc(CCN3CCOCC3)cc2)CCCC1. The van der Waals surface area contributed by atoms with E-state index >= 15 is 0 Å². The Morgan fingerprint density at radius 1 is 1.05 bits per heavy atom. The van der Waals surface area contributed by atoms with Gasteiger partial charge < -0.3 is 10.1 Å². The molecule has 0 spiro atoms. The number of morpholine rings is 1. The first-order valence-electron chi connectivity index (χ1n) is 8.25. The summed E-state index contributed by atoms with van der Waals surface area (Å²) in [5, 5.41) is 3.55. The van der Waals surface area contributed by atoms with Crippen LogP contribution in [0.3, 0.4) is 0 Å². The summed E-state index contributed by atoms with van der Waals surface area (Å²) in [5.41, 5.74) is 4.03. The van der Waals surface area contributed by atoms with E-state index in [1.54, 1.807) is 0 Å². The van der Waals surface area contributed by atoms with Crippen LogP contribution in [0, 0.1) is 0 Å². The van der Waals surface area contributed by atoms with Crippen molar-refractivity contribution in [3.8, 4) is 0 Å². The fraction of sp³-hybridized carbons (Fsp3) is 0.556. The van der Waals surface area contributed by atoms with Crippen molar-refractivity contribution in [3.63, 3.8) is 0 Å². The maximum absolute atomic E-state index is 5.38. The topological polar surface area (TPSA) is 24.5 Å². The molecule has 0 amide bonds. The zero-order valence-corrected chi connectivity index (χ0v) is 12.8. The van der Waals surface area contributed by atoms with E-state index in [-0.39, 0.29) is 0 Å². The Kier molecular flexibility index (Phi) is 5.30. The van der Waals surface area contributed by atoms with E-state index in [4.69, 9.17) is 4.74 Å². The quantitative estimate of drug-likeness (QED) is 0.897. The van der Waals surface area contributed by atoms with Crippen molar-refractivity contribution in [2.24, 2.45) is 0 Å². The van der Waals surface area contributed by atoms with Gasteiger partial charge in [-0.25, -0.2) is 0 Å². The van der Waals surface area contributed by atoms with Gasteiger partial charge in [0.15, 0.2) is 0 Å². The van der Waals surface area contributed by atoms with Crippen LogP contribution in [0.1, 0.15) is 31.2 Å². The van der Waals surface area contributed by atoms with Gasteiger partial charge in [0.2, 0.25) is 0 Å². The lowest BCUT2D eigenvalue weighted by atomic mass is 10.0. The summed E-state index contributed by atoms with van der Waals surface area (Å²) in [7, 11) is 0. The minimum atomic E-state index is 0.887. The minimum Gasteiger partial charge on any atom is -0.379 e. The van der Waals surface area contributed by atoms with Crippen molar-refractivity contribution in [1.82, 2.24) is 4.90 Å². The van der Waals surface area contributed by atoms with Gasteiger partial charge in [0.05, 0.1) is 13.2 Å². The molecule has 0 radical (unpaired) electrons. The molecular weight excluding hydrogens is 260 g/mol. The number of rotatable bonds is 5. The summed E-state index contributed by atoms with van der Waals surface area (Å²) in [4.78, 5) is 2.49. The van der Waals surface area contributed by atoms with E-state index in [0.717, 1.165) is 39.3 Å². The van der Waals surface area contributed by atoms with Crippen molar-refractivity contribution in [3.05, 3.63) is 41.6 Å². The Hall–Kier alpha value is -1.32. The van der Waals surface area contributed by atoms with Crippen molar-refractivity contribution >= 4 is 5.69 Å². The molecule has 3 rings (SSSR count). The molecule has 3 heteroatoms. The van der Waals surface area contributed by atoms with E-state index in [1.165, 1.54) is 42.6 Å². The highest BCUT2D eigenvalue weighted by atomic mass is 16.5. The van der Waals surface area contributed by atoms with E-state index in [0.29, 0.717) is 0 Å². The van der Waals surface area contributed by atoms with E-state index in [1.807, 2.05) is 0 Å². The summed E-state index contributed by atoms with van der Waals surface area (Å²) < 4.78 is 5.38. The molecule has 1 aliphatic heterocycles. The van der Waals surface area contributed by atoms with Gasteiger partial charge in [-0.15, -0.1) is 0 Å². The van der Waals surface area contributed by atoms with Crippen LogP contribution in [0.25, 0.3) is 0 Å². The van der Waals surface area contributed by atoms with Crippen LogP contribution in [-0.2, 0) is 11.2 Å². The highest BCUT2D eigenvalue weighted by Gasteiger charge is 2.09. The number of hydrogen-bond acceptors (Lipinski definition) is 3. The van der Waals surface area contributed by atoms with Crippen LogP contribution in [0.4, 0.5) is 5.69 Å². The van der Waals surface area contributed by atoms with Gasteiger partial charge in [-0.05, 0) is 49.8 Å². The van der Waals surface area contributed by atoms with Gasteiger partial charge in [0.1, 0.15) is 0 Å². The number of hydrogen-bond donors (Lipinski definition) is 1. The number of allylic oxidation sites excluding steroid dienone is 2. The monoisotopic (exact) mass is 286 g/mol. The zero-order valence-electron chi connectivity index (χ0n) is 12.8. The van der Waals surface area contributed by atoms with E-state index in [9.17, 15) is 0 Å². The van der Waals surface area contributed by atoms with Crippen molar-refractivity contribution < 1.29 is 4.74 Å². The predicted octanol–water partition coefficient (Wildman–Crippen LogP) is 3.43. The highest BCUT2D eigenvalue weighted by molar-refractivity contribution is 5.49. The maximum Gasteiger partial charge on any atom is 0.0594 e. The van der Waals surface area contributed by atoms with Gasteiger partial charge in [-0.1, -0.05) is 18.2 Å². The molecule has 1 fully saturated rings. The number of nitrogens with one attached hydrogen (secondary N) is 1. The Bertz CT molecular complexity index is 461. The molecule has 3 nitrogen and oxygen atoms in total. The first kappa shape index (κ1) is 14.6. The molecule has 0 atom stereocenters. The van der Waals surface area contributed by atoms with Gasteiger partial charge in [-0.3, -0.25) is 4.90 Å². The molecule has 0 saturated carbocycles. The second-order valence-corrected chi connectivity index (χ2v) is 6.00. The number of nitrogens with zero attached hydrogens (tertiary/aromatic N) is 1. The van der Waals surface area contributed by atoms with E-state index in [2.05, 4.69) is 40.6 Å². The largest absolute Gasteiger partial charge is 0.379 e. The molecule has 1 aromatic carbocycles. The Balaban J connectivity index is 1.48. The molecular formula is C18H26N2O. The molecule has 1 aliphatic carbocycles. The normalized spacial score (nSPS) is 20.1. The fourth-order valence-corrected chi connectivity index (χ4v) is 3.00. The first-order valence-corrected chi connectivity index (χ1v) is 8.25. The summed E-state index contributed by atoms with van der Waals surface area (Å²) in [6.45, 7) is 5.07. The molecule has 0 bridgehead atoms. The maximum atomic E-state index is 5.38. The summed E-state index contributed by atoms with van der Waals surface area (Å²) >= 11 is 0. The fourth-order valence-electron chi connectivity index (χ4n) is 3.00. The molecule has 2 aliphatic rings.